The van der Waals surface area contributed by atoms with Crippen molar-refractivity contribution in [1.29, 1.82) is 0 Å². The van der Waals surface area contributed by atoms with E-state index in [1.165, 1.54) is 25.3 Å². The molecule has 2 N–H and O–H groups in total. The molecule has 0 aliphatic heterocycles. The van der Waals surface area contributed by atoms with Crippen LogP contribution in [0, 0.1) is 13.8 Å². The van der Waals surface area contributed by atoms with E-state index in [-0.39, 0.29) is 10.5 Å². The van der Waals surface area contributed by atoms with Gasteiger partial charge in [0.2, 0.25) is 0 Å². The first kappa shape index (κ1) is 20.4. The van der Waals surface area contributed by atoms with Crippen LogP contribution in [0.5, 0.6) is 5.75 Å². The number of carbonyl (C=O) groups excluding carboxylic acids is 1. The maximum absolute atomic E-state index is 12.7. The number of hydrogen-bond donors (Lipinski definition) is 2. The third-order valence-electron chi connectivity index (χ3n) is 4.28. The molecule has 0 spiro atoms. The number of anilines is 2. The maximum atomic E-state index is 12.7. The van der Waals surface area contributed by atoms with Crippen molar-refractivity contribution >= 4 is 27.3 Å². The van der Waals surface area contributed by atoms with Crippen molar-refractivity contribution < 1.29 is 17.9 Å². The molecular weight excluding hydrogens is 388 g/mol. The minimum absolute atomic E-state index is 0.00265. The van der Waals surface area contributed by atoms with Gasteiger partial charge in [-0.3, -0.25) is 9.52 Å². The molecular formula is C22H22N2O4S. The van der Waals surface area contributed by atoms with Gasteiger partial charge in [0, 0.05) is 11.3 Å². The van der Waals surface area contributed by atoms with Crippen molar-refractivity contribution in [2.45, 2.75) is 18.7 Å². The molecule has 1 amide bonds. The average Bonchev–Trinajstić information content (AvgIpc) is 2.68. The third kappa shape index (κ3) is 4.94. The van der Waals surface area contributed by atoms with Gasteiger partial charge >= 0.3 is 0 Å². The van der Waals surface area contributed by atoms with Gasteiger partial charge in [0.05, 0.1) is 17.7 Å². The Morgan fingerprint density at radius 3 is 2.34 bits per heavy atom. The summed E-state index contributed by atoms with van der Waals surface area (Å²) in [5.41, 5.74) is 3.10. The fraction of sp³-hybridized carbons (Fsp3) is 0.136. The first-order valence-corrected chi connectivity index (χ1v) is 10.4. The molecule has 3 aromatic carbocycles. The molecule has 29 heavy (non-hydrogen) atoms. The standard InChI is InChI=1S/C22H22N2O4S/c1-15-6-4-8-18(12-15)24-29(26,27)19-9-5-7-17(14-19)22(25)23-20-13-16(2)10-11-21(20)28-3/h4-14,24H,1-3H3,(H,23,25). The summed E-state index contributed by atoms with van der Waals surface area (Å²) in [5.74, 6) is 0.0929. The first-order chi connectivity index (χ1) is 13.8. The van der Waals surface area contributed by atoms with E-state index in [0.29, 0.717) is 17.1 Å². The topological polar surface area (TPSA) is 84.5 Å². The van der Waals surface area contributed by atoms with Gasteiger partial charge in [0.1, 0.15) is 5.75 Å². The van der Waals surface area contributed by atoms with Gasteiger partial charge in [0.25, 0.3) is 15.9 Å². The zero-order chi connectivity index (χ0) is 21.0. The van der Waals surface area contributed by atoms with Gasteiger partial charge in [-0.05, 0) is 67.4 Å². The van der Waals surface area contributed by atoms with Gasteiger partial charge in [-0.1, -0.05) is 24.3 Å². The van der Waals surface area contributed by atoms with E-state index in [1.54, 1.807) is 36.4 Å². The molecule has 0 aromatic heterocycles. The first-order valence-electron chi connectivity index (χ1n) is 8.94. The van der Waals surface area contributed by atoms with Gasteiger partial charge in [-0.15, -0.1) is 0 Å². The molecule has 0 atom stereocenters. The second-order valence-corrected chi connectivity index (χ2v) is 8.34. The Hall–Kier alpha value is -3.32. The molecule has 0 heterocycles. The summed E-state index contributed by atoms with van der Waals surface area (Å²) in [7, 11) is -2.31. The molecule has 3 aromatic rings. The Kier molecular flexibility index (Phi) is 5.89. The molecule has 150 valence electrons. The van der Waals surface area contributed by atoms with Gasteiger partial charge in [0.15, 0.2) is 0 Å². The minimum atomic E-state index is -3.83. The van der Waals surface area contributed by atoms with E-state index in [4.69, 9.17) is 4.74 Å². The van der Waals surface area contributed by atoms with Crippen LogP contribution in [0.2, 0.25) is 0 Å². The lowest BCUT2D eigenvalue weighted by Gasteiger charge is -2.12. The monoisotopic (exact) mass is 410 g/mol. The van der Waals surface area contributed by atoms with E-state index in [2.05, 4.69) is 10.0 Å². The molecule has 0 bridgehead atoms. The second-order valence-electron chi connectivity index (χ2n) is 6.66. The Morgan fingerprint density at radius 1 is 0.897 bits per heavy atom. The molecule has 0 radical (unpaired) electrons. The molecule has 0 fully saturated rings. The van der Waals surface area contributed by atoms with Crippen LogP contribution in [0.25, 0.3) is 0 Å². The molecule has 3 rings (SSSR count). The zero-order valence-corrected chi connectivity index (χ0v) is 17.2. The quantitative estimate of drug-likeness (QED) is 0.632. The number of sulfonamides is 1. The van der Waals surface area contributed by atoms with Crippen LogP contribution in [-0.2, 0) is 10.0 Å². The predicted octanol–water partition coefficient (Wildman–Crippen LogP) is 4.37. The van der Waals surface area contributed by atoms with Crippen LogP contribution >= 0.6 is 0 Å². The predicted molar refractivity (Wildman–Crippen MR) is 114 cm³/mol. The molecule has 0 aliphatic rings. The van der Waals surface area contributed by atoms with Crippen molar-refractivity contribution in [2.75, 3.05) is 17.1 Å². The number of benzene rings is 3. The highest BCUT2D eigenvalue weighted by molar-refractivity contribution is 7.92. The highest BCUT2D eigenvalue weighted by atomic mass is 32.2. The van der Waals surface area contributed by atoms with E-state index in [0.717, 1.165) is 11.1 Å². The number of amides is 1. The summed E-state index contributed by atoms with van der Waals surface area (Å²) >= 11 is 0. The van der Waals surface area contributed by atoms with Crippen molar-refractivity contribution in [2.24, 2.45) is 0 Å². The van der Waals surface area contributed by atoms with Gasteiger partial charge in [-0.2, -0.15) is 0 Å². The lowest BCUT2D eigenvalue weighted by molar-refractivity contribution is 0.102. The summed E-state index contributed by atoms with van der Waals surface area (Å²) in [5, 5.41) is 2.78. The lowest BCUT2D eigenvalue weighted by Crippen LogP contribution is -2.16. The Balaban J connectivity index is 1.85. The van der Waals surface area contributed by atoms with Crippen molar-refractivity contribution in [1.82, 2.24) is 0 Å². The number of rotatable bonds is 6. The third-order valence-corrected chi connectivity index (χ3v) is 5.66. The molecule has 7 heteroatoms. The number of hydrogen-bond acceptors (Lipinski definition) is 4. The average molecular weight is 410 g/mol. The molecule has 0 saturated heterocycles. The van der Waals surface area contributed by atoms with Gasteiger partial charge in [-0.25, -0.2) is 8.42 Å². The van der Waals surface area contributed by atoms with Crippen LogP contribution in [0.3, 0.4) is 0 Å². The summed E-state index contributed by atoms with van der Waals surface area (Å²) in [6, 6.07) is 18.4. The van der Waals surface area contributed by atoms with Gasteiger partial charge < -0.3 is 10.1 Å². The van der Waals surface area contributed by atoms with E-state index >= 15 is 0 Å². The number of methoxy groups -OCH3 is 1. The number of ether oxygens (including phenoxy) is 1. The van der Waals surface area contributed by atoms with Crippen LogP contribution in [0.1, 0.15) is 21.5 Å². The highest BCUT2D eigenvalue weighted by Crippen LogP contribution is 2.26. The number of carbonyl (C=O) groups is 1. The summed E-state index contributed by atoms with van der Waals surface area (Å²) < 4.78 is 33.3. The van der Waals surface area contributed by atoms with Crippen LogP contribution in [0.4, 0.5) is 11.4 Å². The van der Waals surface area contributed by atoms with Crippen LogP contribution < -0.4 is 14.8 Å². The normalized spacial score (nSPS) is 11.0. The van der Waals surface area contributed by atoms with Crippen LogP contribution in [-0.4, -0.2) is 21.4 Å². The van der Waals surface area contributed by atoms with E-state index in [1.807, 2.05) is 26.0 Å². The smallest absolute Gasteiger partial charge is 0.261 e. The Labute approximate surface area is 170 Å². The largest absolute Gasteiger partial charge is 0.495 e. The Morgan fingerprint density at radius 2 is 1.62 bits per heavy atom. The molecule has 6 nitrogen and oxygen atoms in total. The summed E-state index contributed by atoms with van der Waals surface area (Å²) in [6.45, 7) is 3.78. The van der Waals surface area contributed by atoms with Crippen molar-refractivity contribution in [3.05, 3.63) is 83.4 Å². The molecule has 0 unspecified atom stereocenters. The SMILES string of the molecule is COc1ccc(C)cc1NC(=O)c1cccc(S(=O)(=O)Nc2cccc(C)c2)c1. The van der Waals surface area contributed by atoms with Crippen molar-refractivity contribution in [3.63, 3.8) is 0 Å². The molecule has 0 aliphatic carbocycles. The lowest BCUT2D eigenvalue weighted by atomic mass is 10.1. The maximum Gasteiger partial charge on any atom is 0.261 e. The van der Waals surface area contributed by atoms with E-state index in [9.17, 15) is 13.2 Å². The zero-order valence-electron chi connectivity index (χ0n) is 16.4. The van der Waals surface area contributed by atoms with Crippen LogP contribution in [0.15, 0.2) is 71.6 Å². The fourth-order valence-electron chi connectivity index (χ4n) is 2.84. The number of aryl methyl sites for hydroxylation is 2. The summed E-state index contributed by atoms with van der Waals surface area (Å²) in [6.07, 6.45) is 0. The fourth-order valence-corrected chi connectivity index (χ4v) is 3.94. The highest BCUT2D eigenvalue weighted by Gasteiger charge is 2.17. The Bertz CT molecular complexity index is 1160. The minimum Gasteiger partial charge on any atom is -0.495 e. The molecule has 0 saturated carbocycles. The van der Waals surface area contributed by atoms with Crippen molar-refractivity contribution in [3.8, 4) is 5.75 Å². The number of nitrogens with one attached hydrogen (secondary N) is 2. The second kappa shape index (κ2) is 8.36. The van der Waals surface area contributed by atoms with E-state index < -0.39 is 15.9 Å². The summed E-state index contributed by atoms with van der Waals surface area (Å²) in [4.78, 5) is 12.7.